The molecule has 2 N–H and O–H groups in total. The van der Waals surface area contributed by atoms with E-state index in [4.69, 9.17) is 9.84 Å². The smallest absolute Gasteiger partial charge is 0.303 e. The molecule has 0 amide bonds. The minimum Gasteiger partial charge on any atom is -0.481 e. The molecule has 0 aromatic carbocycles. The van der Waals surface area contributed by atoms with Gasteiger partial charge in [-0.25, -0.2) is 4.98 Å². The van der Waals surface area contributed by atoms with E-state index in [1.165, 1.54) is 6.20 Å². The van der Waals surface area contributed by atoms with Gasteiger partial charge >= 0.3 is 5.97 Å². The molecule has 1 aromatic rings. The molecule has 0 saturated heterocycles. The Morgan fingerprint density at radius 1 is 1.53 bits per heavy atom. The van der Waals surface area contributed by atoms with E-state index < -0.39 is 5.97 Å². The molecule has 0 aliphatic rings. The molecule has 94 valence electrons. The van der Waals surface area contributed by atoms with E-state index in [9.17, 15) is 9.59 Å². The number of aromatic nitrogens is 2. The van der Waals surface area contributed by atoms with Crippen molar-refractivity contribution >= 4 is 5.97 Å². The lowest BCUT2D eigenvalue weighted by Gasteiger charge is -2.02. The summed E-state index contributed by atoms with van der Waals surface area (Å²) in [6.45, 7) is 0.616. The molecule has 1 aromatic heterocycles. The van der Waals surface area contributed by atoms with E-state index >= 15 is 0 Å². The molecular weight excluding hydrogens is 224 g/mol. The normalized spacial score (nSPS) is 10.4. The van der Waals surface area contributed by atoms with E-state index in [1.807, 2.05) is 0 Å². The summed E-state index contributed by atoms with van der Waals surface area (Å²) in [5, 5.41) is 8.52. The third kappa shape index (κ3) is 4.78. The first-order chi connectivity index (χ1) is 8.13. The standard InChI is InChI=1S/C11H16N2O4/c1-17-6-2-3-9-12-7-8(11(16)13-9)4-5-10(14)15/h7H,2-6H2,1H3,(H,14,15)(H,12,13,16). The average molecular weight is 240 g/mol. The number of hydrogen-bond donors (Lipinski definition) is 2. The maximum atomic E-state index is 11.6. The number of H-pyrrole nitrogens is 1. The van der Waals surface area contributed by atoms with Crippen LogP contribution in [-0.4, -0.2) is 34.8 Å². The number of methoxy groups -OCH3 is 1. The van der Waals surface area contributed by atoms with Gasteiger partial charge in [0.1, 0.15) is 5.82 Å². The average Bonchev–Trinajstić information content (AvgIpc) is 2.28. The quantitative estimate of drug-likeness (QED) is 0.671. The summed E-state index contributed by atoms with van der Waals surface area (Å²) >= 11 is 0. The Labute approximate surface area is 98.7 Å². The van der Waals surface area contributed by atoms with E-state index in [2.05, 4.69) is 9.97 Å². The summed E-state index contributed by atoms with van der Waals surface area (Å²) in [5.41, 5.74) is 0.150. The van der Waals surface area contributed by atoms with Gasteiger partial charge in [0.25, 0.3) is 5.56 Å². The second kappa shape index (κ2) is 6.80. The molecule has 0 unspecified atom stereocenters. The van der Waals surface area contributed by atoms with E-state index in [1.54, 1.807) is 7.11 Å². The zero-order valence-electron chi connectivity index (χ0n) is 9.73. The van der Waals surface area contributed by atoms with Gasteiger partial charge in [-0.15, -0.1) is 0 Å². The van der Waals surface area contributed by atoms with Crippen molar-refractivity contribution < 1.29 is 14.6 Å². The van der Waals surface area contributed by atoms with Gasteiger partial charge in [-0.05, 0) is 12.8 Å². The molecule has 6 heteroatoms. The highest BCUT2D eigenvalue weighted by molar-refractivity contribution is 5.67. The number of nitrogens with one attached hydrogen (secondary N) is 1. The number of aromatic amines is 1. The molecule has 0 saturated carbocycles. The second-order valence-electron chi connectivity index (χ2n) is 3.67. The monoisotopic (exact) mass is 240 g/mol. The zero-order valence-corrected chi connectivity index (χ0v) is 9.73. The van der Waals surface area contributed by atoms with Gasteiger partial charge in [0, 0.05) is 38.3 Å². The van der Waals surface area contributed by atoms with Gasteiger partial charge in [-0.2, -0.15) is 0 Å². The molecular formula is C11H16N2O4. The predicted octanol–water partition coefficient (Wildman–Crippen LogP) is 0.366. The zero-order chi connectivity index (χ0) is 12.7. The molecule has 6 nitrogen and oxygen atoms in total. The first-order valence-corrected chi connectivity index (χ1v) is 5.41. The summed E-state index contributed by atoms with van der Waals surface area (Å²) in [4.78, 5) is 28.7. The molecule has 1 heterocycles. The number of aryl methyl sites for hydroxylation is 2. The first kappa shape index (κ1) is 13.4. The SMILES string of the molecule is COCCCc1ncc(CCC(=O)O)c(=O)[nH]1. The summed E-state index contributed by atoms with van der Waals surface area (Å²) in [6, 6.07) is 0. The van der Waals surface area contributed by atoms with Gasteiger partial charge in [-0.3, -0.25) is 9.59 Å². The van der Waals surface area contributed by atoms with Crippen LogP contribution >= 0.6 is 0 Å². The van der Waals surface area contributed by atoms with Crippen molar-refractivity contribution in [3.63, 3.8) is 0 Å². The van der Waals surface area contributed by atoms with E-state index in [0.717, 1.165) is 6.42 Å². The second-order valence-corrected chi connectivity index (χ2v) is 3.67. The summed E-state index contributed by atoms with van der Waals surface area (Å²) in [7, 11) is 1.62. The number of carboxylic acids is 1. The highest BCUT2D eigenvalue weighted by Crippen LogP contribution is 1.98. The maximum Gasteiger partial charge on any atom is 0.303 e. The van der Waals surface area contributed by atoms with Crippen LogP contribution in [0.15, 0.2) is 11.0 Å². The Kier molecular flexibility index (Phi) is 5.35. The number of ether oxygens (including phenoxy) is 1. The highest BCUT2D eigenvalue weighted by atomic mass is 16.5. The van der Waals surface area contributed by atoms with Crippen LogP contribution in [0.25, 0.3) is 0 Å². The molecule has 0 atom stereocenters. The molecule has 0 radical (unpaired) electrons. The molecule has 17 heavy (non-hydrogen) atoms. The van der Waals surface area contributed by atoms with Gasteiger partial charge in [0.15, 0.2) is 0 Å². The van der Waals surface area contributed by atoms with Gasteiger partial charge < -0.3 is 14.8 Å². The minimum atomic E-state index is -0.923. The van der Waals surface area contributed by atoms with Crippen LogP contribution < -0.4 is 5.56 Å². The largest absolute Gasteiger partial charge is 0.481 e. The van der Waals surface area contributed by atoms with Crippen molar-refractivity contribution in [2.75, 3.05) is 13.7 Å². The van der Waals surface area contributed by atoms with E-state index in [-0.39, 0.29) is 18.4 Å². The first-order valence-electron chi connectivity index (χ1n) is 5.41. The number of carboxylic acid groups (broad SMARTS) is 1. The van der Waals surface area contributed by atoms with Gasteiger partial charge in [0.2, 0.25) is 0 Å². The topological polar surface area (TPSA) is 92.3 Å². The lowest BCUT2D eigenvalue weighted by atomic mass is 10.2. The van der Waals surface area contributed by atoms with Crippen LogP contribution in [0.5, 0.6) is 0 Å². The number of aliphatic carboxylic acids is 1. The highest BCUT2D eigenvalue weighted by Gasteiger charge is 2.05. The fraction of sp³-hybridized carbons (Fsp3) is 0.545. The third-order valence-corrected chi connectivity index (χ3v) is 2.30. The summed E-state index contributed by atoms with van der Waals surface area (Å²) < 4.78 is 4.90. The van der Waals surface area contributed by atoms with Crippen LogP contribution in [0, 0.1) is 0 Å². The van der Waals surface area contributed by atoms with Crippen molar-refractivity contribution in [3.05, 3.63) is 27.9 Å². The van der Waals surface area contributed by atoms with Crippen molar-refractivity contribution in [3.8, 4) is 0 Å². The van der Waals surface area contributed by atoms with Crippen LogP contribution in [0.4, 0.5) is 0 Å². The van der Waals surface area contributed by atoms with Crippen molar-refractivity contribution in [2.45, 2.75) is 25.7 Å². The fourth-order valence-corrected chi connectivity index (χ4v) is 1.39. The predicted molar refractivity (Wildman–Crippen MR) is 61.0 cm³/mol. The summed E-state index contributed by atoms with van der Waals surface area (Å²) in [5.74, 6) is -0.320. The van der Waals surface area contributed by atoms with Gasteiger partial charge in [0.05, 0.1) is 0 Å². The fourth-order valence-electron chi connectivity index (χ4n) is 1.39. The van der Waals surface area contributed by atoms with E-state index in [0.29, 0.717) is 24.4 Å². The molecule has 0 spiro atoms. The van der Waals surface area contributed by atoms with Crippen LogP contribution in [0.1, 0.15) is 24.2 Å². The number of nitrogens with zero attached hydrogens (tertiary/aromatic N) is 1. The third-order valence-electron chi connectivity index (χ3n) is 2.30. The summed E-state index contributed by atoms with van der Waals surface area (Å²) in [6.07, 6.45) is 3.02. The van der Waals surface area contributed by atoms with Crippen LogP contribution in [0.3, 0.4) is 0 Å². The Morgan fingerprint density at radius 3 is 2.88 bits per heavy atom. The van der Waals surface area contributed by atoms with Crippen LogP contribution in [-0.2, 0) is 22.4 Å². The maximum absolute atomic E-state index is 11.6. The lowest BCUT2D eigenvalue weighted by molar-refractivity contribution is -0.136. The van der Waals surface area contributed by atoms with Crippen LogP contribution in [0.2, 0.25) is 0 Å². The molecule has 0 bridgehead atoms. The molecule has 1 rings (SSSR count). The molecule has 0 fully saturated rings. The van der Waals surface area contributed by atoms with Crippen molar-refractivity contribution in [1.29, 1.82) is 0 Å². The Morgan fingerprint density at radius 2 is 2.29 bits per heavy atom. The van der Waals surface area contributed by atoms with Crippen molar-refractivity contribution in [1.82, 2.24) is 9.97 Å². The molecule has 0 aliphatic heterocycles. The Hall–Kier alpha value is -1.69. The van der Waals surface area contributed by atoms with Gasteiger partial charge in [-0.1, -0.05) is 0 Å². The van der Waals surface area contributed by atoms with Crippen molar-refractivity contribution in [2.24, 2.45) is 0 Å². The number of rotatable bonds is 7. The number of hydrogen-bond acceptors (Lipinski definition) is 4. The number of carbonyl (C=O) groups is 1. The molecule has 0 aliphatic carbocycles. The Bertz CT molecular complexity index is 428. The minimum absolute atomic E-state index is 0.0617. The lowest BCUT2D eigenvalue weighted by Crippen LogP contribution is -2.17. The Balaban J connectivity index is 2.59.